The number of carboxylic acids is 1. The smallest absolute Gasteiger partial charge is 0.326 e. The van der Waals surface area contributed by atoms with Gasteiger partial charge in [0.2, 0.25) is 5.91 Å². The molecule has 0 saturated carbocycles. The van der Waals surface area contributed by atoms with E-state index in [1.807, 2.05) is 30.3 Å². The lowest BCUT2D eigenvalue weighted by atomic mass is 10.0. The normalized spacial score (nSPS) is 12.8. The van der Waals surface area contributed by atoms with E-state index in [0.29, 0.717) is 12.8 Å². The van der Waals surface area contributed by atoms with Crippen LogP contribution in [0.2, 0.25) is 0 Å². The largest absolute Gasteiger partial charge is 0.480 e. The molecule has 104 valence electrons. The van der Waals surface area contributed by atoms with Gasteiger partial charge >= 0.3 is 5.97 Å². The fourth-order valence-electron chi connectivity index (χ4n) is 1.56. The van der Waals surface area contributed by atoms with Crippen molar-refractivity contribution in [2.45, 2.75) is 38.3 Å². The lowest BCUT2D eigenvalue weighted by Crippen LogP contribution is -2.54. The highest BCUT2D eigenvalue weighted by Gasteiger charge is 2.27. The minimum absolute atomic E-state index is 0.334. The molecule has 0 radical (unpaired) electrons. The Morgan fingerprint density at radius 3 is 2.37 bits per heavy atom. The summed E-state index contributed by atoms with van der Waals surface area (Å²) >= 11 is 0. The Kier molecular flexibility index (Phi) is 5.06. The molecule has 0 bridgehead atoms. The summed E-state index contributed by atoms with van der Waals surface area (Å²) in [6, 6.07) is 8.62. The molecule has 1 rings (SSSR count). The van der Waals surface area contributed by atoms with Gasteiger partial charge in [-0.15, -0.1) is 0 Å². The van der Waals surface area contributed by atoms with Gasteiger partial charge in [0, 0.05) is 0 Å². The number of amides is 1. The van der Waals surface area contributed by atoms with Crippen LogP contribution in [0, 0.1) is 0 Å². The Morgan fingerprint density at radius 2 is 1.89 bits per heavy atom. The third kappa shape index (κ3) is 5.09. The fraction of sp³-hybridized carbons (Fsp3) is 0.429. The van der Waals surface area contributed by atoms with Crippen LogP contribution in [0.25, 0.3) is 0 Å². The van der Waals surface area contributed by atoms with Crippen LogP contribution in [0.3, 0.4) is 0 Å². The van der Waals surface area contributed by atoms with Crippen molar-refractivity contribution in [3.8, 4) is 0 Å². The molecule has 0 aliphatic heterocycles. The number of nitrogens with one attached hydrogen (secondary N) is 1. The van der Waals surface area contributed by atoms with E-state index in [1.165, 1.54) is 0 Å². The first-order chi connectivity index (χ1) is 8.80. The number of benzene rings is 1. The van der Waals surface area contributed by atoms with Gasteiger partial charge in [0.05, 0.1) is 5.54 Å². The number of rotatable bonds is 6. The average Bonchev–Trinajstić information content (AvgIpc) is 2.33. The number of hydrogen-bond donors (Lipinski definition) is 3. The van der Waals surface area contributed by atoms with Crippen LogP contribution in [0.5, 0.6) is 0 Å². The highest BCUT2D eigenvalue weighted by atomic mass is 16.4. The predicted molar refractivity (Wildman–Crippen MR) is 72.6 cm³/mol. The number of carbonyl (C=O) groups is 2. The molecule has 0 fully saturated rings. The van der Waals surface area contributed by atoms with E-state index in [9.17, 15) is 9.59 Å². The third-order valence-corrected chi connectivity index (χ3v) is 2.75. The van der Waals surface area contributed by atoms with Gasteiger partial charge in [-0.05, 0) is 32.3 Å². The Morgan fingerprint density at radius 1 is 1.32 bits per heavy atom. The van der Waals surface area contributed by atoms with Crippen molar-refractivity contribution < 1.29 is 14.7 Å². The molecule has 1 atom stereocenters. The van der Waals surface area contributed by atoms with E-state index in [1.54, 1.807) is 13.8 Å². The molecular weight excluding hydrogens is 244 g/mol. The van der Waals surface area contributed by atoms with Crippen LogP contribution in [-0.4, -0.2) is 28.6 Å². The summed E-state index contributed by atoms with van der Waals surface area (Å²) in [6.45, 7) is 3.08. The monoisotopic (exact) mass is 264 g/mol. The van der Waals surface area contributed by atoms with Gasteiger partial charge in [-0.2, -0.15) is 0 Å². The third-order valence-electron chi connectivity index (χ3n) is 2.75. The van der Waals surface area contributed by atoms with Gasteiger partial charge in [0.25, 0.3) is 0 Å². The zero-order chi connectivity index (χ0) is 14.5. The molecule has 5 nitrogen and oxygen atoms in total. The molecule has 19 heavy (non-hydrogen) atoms. The number of carbonyl (C=O) groups excluding carboxylic acids is 1. The first-order valence-electron chi connectivity index (χ1n) is 6.17. The maximum Gasteiger partial charge on any atom is 0.326 e. The second-order valence-corrected chi connectivity index (χ2v) is 5.11. The number of carboxylic acid groups (broad SMARTS) is 1. The van der Waals surface area contributed by atoms with Gasteiger partial charge in [-0.3, -0.25) is 4.79 Å². The molecule has 0 unspecified atom stereocenters. The standard InChI is InChI=1S/C14H20N2O3/c1-14(2,15)13(19)16-11(12(17)18)9-8-10-6-4-3-5-7-10/h3-7,11H,8-9,15H2,1-2H3,(H,16,19)(H,17,18)/t11-/m0/s1. The highest BCUT2D eigenvalue weighted by Crippen LogP contribution is 2.06. The van der Waals surface area contributed by atoms with Crippen LogP contribution in [-0.2, 0) is 16.0 Å². The zero-order valence-corrected chi connectivity index (χ0v) is 11.2. The Labute approximate surface area is 112 Å². The maximum atomic E-state index is 11.7. The van der Waals surface area contributed by atoms with E-state index in [4.69, 9.17) is 10.8 Å². The molecule has 4 N–H and O–H groups in total. The molecule has 0 heterocycles. The summed E-state index contributed by atoms with van der Waals surface area (Å²) in [5.41, 5.74) is 5.58. The lowest BCUT2D eigenvalue weighted by Gasteiger charge is -2.21. The van der Waals surface area contributed by atoms with Crippen LogP contribution < -0.4 is 11.1 Å². The summed E-state index contributed by atoms with van der Waals surface area (Å²) in [7, 11) is 0. The minimum Gasteiger partial charge on any atom is -0.480 e. The highest BCUT2D eigenvalue weighted by molar-refractivity contribution is 5.89. The second-order valence-electron chi connectivity index (χ2n) is 5.11. The SMILES string of the molecule is CC(C)(N)C(=O)N[C@@H](CCc1ccccc1)C(=O)O. The number of aryl methyl sites for hydroxylation is 1. The van der Waals surface area contributed by atoms with Crippen molar-refractivity contribution in [3.05, 3.63) is 35.9 Å². The molecule has 5 heteroatoms. The van der Waals surface area contributed by atoms with E-state index < -0.39 is 23.5 Å². The first kappa shape index (κ1) is 15.2. The molecule has 1 aromatic rings. The summed E-state index contributed by atoms with van der Waals surface area (Å²) in [4.78, 5) is 22.8. The van der Waals surface area contributed by atoms with Crippen molar-refractivity contribution in [1.82, 2.24) is 5.32 Å². The lowest BCUT2D eigenvalue weighted by molar-refractivity contribution is -0.142. The zero-order valence-electron chi connectivity index (χ0n) is 11.2. The van der Waals surface area contributed by atoms with E-state index in [2.05, 4.69) is 5.32 Å². The van der Waals surface area contributed by atoms with Gasteiger partial charge in [-0.25, -0.2) is 4.79 Å². The van der Waals surface area contributed by atoms with E-state index in [0.717, 1.165) is 5.56 Å². The Bertz CT molecular complexity index is 438. The van der Waals surface area contributed by atoms with Crippen molar-refractivity contribution in [1.29, 1.82) is 0 Å². The Hall–Kier alpha value is -1.88. The molecule has 0 saturated heterocycles. The van der Waals surface area contributed by atoms with Gasteiger partial charge in [0.1, 0.15) is 6.04 Å². The quantitative estimate of drug-likeness (QED) is 0.712. The van der Waals surface area contributed by atoms with Crippen LogP contribution in [0.1, 0.15) is 25.8 Å². The van der Waals surface area contributed by atoms with Gasteiger partial charge in [0.15, 0.2) is 0 Å². The Balaban J connectivity index is 2.59. The fourth-order valence-corrected chi connectivity index (χ4v) is 1.56. The molecule has 1 aromatic carbocycles. The van der Waals surface area contributed by atoms with Crippen LogP contribution >= 0.6 is 0 Å². The van der Waals surface area contributed by atoms with Crippen molar-refractivity contribution in [2.24, 2.45) is 5.73 Å². The number of nitrogens with two attached hydrogens (primary N) is 1. The van der Waals surface area contributed by atoms with Crippen LogP contribution in [0.15, 0.2) is 30.3 Å². The number of hydrogen-bond acceptors (Lipinski definition) is 3. The molecule has 0 aliphatic rings. The molecule has 0 spiro atoms. The summed E-state index contributed by atoms with van der Waals surface area (Å²) < 4.78 is 0. The second kappa shape index (κ2) is 6.33. The maximum absolute atomic E-state index is 11.7. The molecule has 1 amide bonds. The van der Waals surface area contributed by atoms with Crippen molar-refractivity contribution >= 4 is 11.9 Å². The molecule has 0 aliphatic carbocycles. The molecular formula is C14H20N2O3. The summed E-state index contributed by atoms with van der Waals surface area (Å²) in [5, 5.41) is 11.6. The molecule has 0 aromatic heterocycles. The van der Waals surface area contributed by atoms with E-state index in [-0.39, 0.29) is 0 Å². The minimum atomic E-state index is -1.08. The average molecular weight is 264 g/mol. The summed E-state index contributed by atoms with van der Waals surface area (Å²) in [6.07, 6.45) is 0.921. The van der Waals surface area contributed by atoms with Crippen LogP contribution in [0.4, 0.5) is 0 Å². The number of aliphatic carboxylic acids is 1. The topological polar surface area (TPSA) is 92.4 Å². The van der Waals surface area contributed by atoms with Crippen molar-refractivity contribution in [3.63, 3.8) is 0 Å². The predicted octanol–water partition coefficient (Wildman–Crippen LogP) is 0.926. The van der Waals surface area contributed by atoms with Crippen molar-refractivity contribution in [2.75, 3.05) is 0 Å². The summed E-state index contributed by atoms with van der Waals surface area (Å²) in [5.74, 6) is -1.51. The van der Waals surface area contributed by atoms with Gasteiger partial charge < -0.3 is 16.2 Å². The van der Waals surface area contributed by atoms with E-state index >= 15 is 0 Å². The van der Waals surface area contributed by atoms with Gasteiger partial charge in [-0.1, -0.05) is 30.3 Å². The first-order valence-corrected chi connectivity index (χ1v) is 6.17.